The minimum absolute atomic E-state index is 0.0116. The van der Waals surface area contributed by atoms with E-state index in [1.54, 1.807) is 6.92 Å². The second-order valence-corrected chi connectivity index (χ2v) is 2.55. The smallest absolute Gasteiger partial charge is 0.219 e. The number of rotatable bonds is 5. The molecule has 0 aromatic heterocycles. The van der Waals surface area contributed by atoms with Crippen LogP contribution in [0.15, 0.2) is 5.11 Å². The van der Waals surface area contributed by atoms with Crippen LogP contribution in [0.2, 0.25) is 0 Å². The molecule has 5 nitrogen and oxygen atoms in total. The molecule has 1 N–H and O–H groups in total. The molecule has 0 aliphatic rings. The Labute approximate surface area is 71.8 Å². The van der Waals surface area contributed by atoms with E-state index in [9.17, 15) is 4.79 Å². The van der Waals surface area contributed by atoms with Gasteiger partial charge >= 0.3 is 0 Å². The zero-order valence-corrected chi connectivity index (χ0v) is 7.45. The summed E-state index contributed by atoms with van der Waals surface area (Å²) >= 11 is 0. The molecule has 0 aliphatic heterocycles. The summed E-state index contributed by atoms with van der Waals surface area (Å²) in [6.45, 7) is 4.31. The first-order valence-electron chi connectivity index (χ1n) is 4.01. The zero-order valence-electron chi connectivity index (χ0n) is 7.45. The third-order valence-corrected chi connectivity index (χ3v) is 1.41. The fourth-order valence-electron chi connectivity index (χ4n) is 0.771. The monoisotopic (exact) mass is 170 g/mol. The average molecular weight is 170 g/mol. The van der Waals surface area contributed by atoms with Gasteiger partial charge < -0.3 is 5.32 Å². The van der Waals surface area contributed by atoms with Crippen LogP contribution in [0.3, 0.4) is 0 Å². The average Bonchev–Trinajstić information content (AvgIpc) is 2.02. The highest BCUT2D eigenvalue weighted by molar-refractivity contribution is 5.75. The lowest BCUT2D eigenvalue weighted by Gasteiger charge is -2.03. The third-order valence-electron chi connectivity index (χ3n) is 1.41. The molecule has 0 heterocycles. The van der Waals surface area contributed by atoms with Crippen LogP contribution in [0.5, 0.6) is 0 Å². The van der Waals surface area contributed by atoms with E-state index in [0.29, 0.717) is 19.4 Å². The van der Waals surface area contributed by atoms with E-state index in [-0.39, 0.29) is 11.9 Å². The van der Waals surface area contributed by atoms with E-state index in [4.69, 9.17) is 5.53 Å². The fraction of sp³-hybridized carbons (Fsp3) is 0.857. The van der Waals surface area contributed by atoms with Crippen molar-refractivity contribution in [2.24, 2.45) is 5.11 Å². The lowest BCUT2D eigenvalue weighted by atomic mass is 10.2. The maximum Gasteiger partial charge on any atom is 0.219 e. The van der Waals surface area contributed by atoms with Gasteiger partial charge in [-0.2, -0.15) is 0 Å². The highest BCUT2D eigenvalue weighted by Gasteiger charge is 2.02. The van der Waals surface area contributed by atoms with Crippen LogP contribution in [0, 0.1) is 0 Å². The molecular weight excluding hydrogens is 156 g/mol. The second-order valence-electron chi connectivity index (χ2n) is 2.55. The molecule has 0 fully saturated rings. The zero-order chi connectivity index (χ0) is 9.40. The summed E-state index contributed by atoms with van der Waals surface area (Å²) in [5.41, 5.74) is 8.06. The van der Waals surface area contributed by atoms with Crippen LogP contribution in [-0.2, 0) is 4.79 Å². The van der Waals surface area contributed by atoms with Crippen molar-refractivity contribution >= 4 is 5.91 Å². The summed E-state index contributed by atoms with van der Waals surface area (Å²) in [5.74, 6) is 0.0116. The van der Waals surface area contributed by atoms with Gasteiger partial charge in [0.2, 0.25) is 5.91 Å². The molecule has 0 radical (unpaired) electrons. The Morgan fingerprint density at radius 3 is 2.92 bits per heavy atom. The number of nitrogens with zero attached hydrogens (tertiary/aromatic N) is 3. The molecule has 0 rings (SSSR count). The van der Waals surface area contributed by atoms with Crippen LogP contribution in [0.25, 0.3) is 10.4 Å². The molecule has 0 spiro atoms. The van der Waals surface area contributed by atoms with Crippen molar-refractivity contribution < 1.29 is 4.79 Å². The topological polar surface area (TPSA) is 77.9 Å². The van der Waals surface area contributed by atoms with E-state index >= 15 is 0 Å². The molecule has 5 heteroatoms. The van der Waals surface area contributed by atoms with E-state index in [0.717, 1.165) is 0 Å². The Morgan fingerprint density at radius 1 is 1.75 bits per heavy atom. The van der Waals surface area contributed by atoms with Gasteiger partial charge in [0.25, 0.3) is 0 Å². The molecule has 1 unspecified atom stereocenters. The standard InChI is InChI=1S/C7H14N4O/c1-3-9-7(12)5-4-6(2)10-11-8/h6H,3-5H2,1-2H3,(H,9,12). The van der Waals surface area contributed by atoms with Crippen LogP contribution in [0.4, 0.5) is 0 Å². The summed E-state index contributed by atoms with van der Waals surface area (Å²) in [7, 11) is 0. The highest BCUT2D eigenvalue weighted by Crippen LogP contribution is 2.00. The lowest BCUT2D eigenvalue weighted by Crippen LogP contribution is -2.23. The van der Waals surface area contributed by atoms with Crippen LogP contribution in [-0.4, -0.2) is 18.5 Å². The first kappa shape index (κ1) is 10.8. The van der Waals surface area contributed by atoms with Gasteiger partial charge in [-0.05, 0) is 18.9 Å². The van der Waals surface area contributed by atoms with Gasteiger partial charge in [-0.1, -0.05) is 12.0 Å². The Morgan fingerprint density at radius 2 is 2.42 bits per heavy atom. The molecule has 0 saturated carbocycles. The fourth-order valence-corrected chi connectivity index (χ4v) is 0.771. The van der Waals surface area contributed by atoms with E-state index in [2.05, 4.69) is 15.3 Å². The molecule has 12 heavy (non-hydrogen) atoms. The van der Waals surface area contributed by atoms with Crippen LogP contribution >= 0.6 is 0 Å². The van der Waals surface area contributed by atoms with Crippen molar-refractivity contribution in [1.29, 1.82) is 0 Å². The van der Waals surface area contributed by atoms with Gasteiger partial charge in [0.15, 0.2) is 0 Å². The summed E-state index contributed by atoms with van der Waals surface area (Å²) in [6, 6.07) is -0.0994. The van der Waals surface area contributed by atoms with Gasteiger partial charge in [0.05, 0.1) is 0 Å². The van der Waals surface area contributed by atoms with Gasteiger partial charge in [0.1, 0.15) is 0 Å². The van der Waals surface area contributed by atoms with Gasteiger partial charge in [-0.3, -0.25) is 4.79 Å². The van der Waals surface area contributed by atoms with Crippen molar-refractivity contribution in [2.45, 2.75) is 32.7 Å². The molecular formula is C7H14N4O. The highest BCUT2D eigenvalue weighted by atomic mass is 16.1. The minimum atomic E-state index is -0.0994. The number of amides is 1. The number of azide groups is 1. The molecule has 0 bridgehead atoms. The van der Waals surface area contributed by atoms with Crippen molar-refractivity contribution in [2.75, 3.05) is 6.54 Å². The molecule has 1 amide bonds. The maximum absolute atomic E-state index is 10.9. The Bertz CT molecular complexity index is 186. The number of hydrogen-bond donors (Lipinski definition) is 1. The first-order chi connectivity index (χ1) is 5.70. The number of hydrogen-bond acceptors (Lipinski definition) is 2. The number of carbonyl (C=O) groups is 1. The van der Waals surface area contributed by atoms with Crippen LogP contribution in [0.1, 0.15) is 26.7 Å². The first-order valence-corrected chi connectivity index (χ1v) is 4.01. The summed E-state index contributed by atoms with van der Waals surface area (Å²) in [5, 5.41) is 6.13. The van der Waals surface area contributed by atoms with E-state index < -0.39 is 0 Å². The van der Waals surface area contributed by atoms with Gasteiger partial charge in [0, 0.05) is 23.9 Å². The van der Waals surface area contributed by atoms with E-state index in [1.807, 2.05) is 6.92 Å². The van der Waals surface area contributed by atoms with Crippen molar-refractivity contribution in [3.8, 4) is 0 Å². The third kappa shape index (κ3) is 5.56. The molecule has 0 aromatic carbocycles. The molecule has 0 saturated heterocycles. The predicted molar refractivity (Wildman–Crippen MR) is 46.5 cm³/mol. The quantitative estimate of drug-likeness (QED) is 0.379. The summed E-state index contributed by atoms with van der Waals surface area (Å²) < 4.78 is 0. The maximum atomic E-state index is 10.9. The van der Waals surface area contributed by atoms with Crippen molar-refractivity contribution in [1.82, 2.24) is 5.32 Å². The predicted octanol–water partition coefficient (Wildman–Crippen LogP) is 1.60. The minimum Gasteiger partial charge on any atom is -0.356 e. The van der Waals surface area contributed by atoms with Crippen molar-refractivity contribution in [3.63, 3.8) is 0 Å². The molecule has 0 aliphatic carbocycles. The summed E-state index contributed by atoms with van der Waals surface area (Å²) in [6.07, 6.45) is 1.03. The normalized spacial score (nSPS) is 11.5. The van der Waals surface area contributed by atoms with E-state index in [1.165, 1.54) is 0 Å². The number of nitrogens with one attached hydrogen (secondary N) is 1. The Hall–Kier alpha value is -1.22. The van der Waals surface area contributed by atoms with Gasteiger partial charge in [-0.15, -0.1) is 0 Å². The Balaban J connectivity index is 3.53. The Kier molecular flexibility index (Phi) is 5.83. The van der Waals surface area contributed by atoms with Crippen LogP contribution < -0.4 is 5.32 Å². The molecule has 1 atom stereocenters. The van der Waals surface area contributed by atoms with Gasteiger partial charge in [-0.25, -0.2) is 0 Å². The molecule has 0 aromatic rings. The second kappa shape index (κ2) is 6.49. The number of carbonyl (C=O) groups excluding carboxylic acids is 1. The largest absolute Gasteiger partial charge is 0.356 e. The lowest BCUT2D eigenvalue weighted by molar-refractivity contribution is -0.121. The molecule has 68 valence electrons. The van der Waals surface area contributed by atoms with Crippen molar-refractivity contribution in [3.05, 3.63) is 10.4 Å². The summed E-state index contributed by atoms with van der Waals surface area (Å²) in [4.78, 5) is 13.6. The SMILES string of the molecule is CCNC(=O)CCC(C)N=[N+]=[N-].